The molecular formula is C18H30BCl4N3O4. The average molecular weight is 505 g/mol. The van der Waals surface area contributed by atoms with Gasteiger partial charge in [0.05, 0.1) is 0 Å². The predicted octanol–water partition coefficient (Wildman–Crippen LogP) is 1.59. The number of carboxylic acids is 1. The van der Waals surface area contributed by atoms with Crippen molar-refractivity contribution >= 4 is 61.9 Å². The van der Waals surface area contributed by atoms with Crippen LogP contribution in [-0.4, -0.2) is 64.4 Å². The molecule has 7 nitrogen and oxygen atoms in total. The molecule has 2 heterocycles. The summed E-state index contributed by atoms with van der Waals surface area (Å²) < 4.78 is 0. The number of rotatable bonds is 7. The third-order valence-corrected chi connectivity index (χ3v) is 6.03. The van der Waals surface area contributed by atoms with Gasteiger partial charge in [0.25, 0.3) is 0 Å². The molecule has 172 valence electrons. The number of nitrogens with zero attached hydrogens (tertiary/aromatic N) is 1. The first-order valence-corrected chi connectivity index (χ1v) is 9.77. The minimum Gasteiger partial charge on any atom is -0.480 e. The standard InChI is InChI=1S/C18H27BClN3O4.3ClH/c20-15-4-3-12-7-16(22-8-13(12)6-15)10-23-9-14(2-1-5-19(26)27)18(21,11-23)17(24)25;;;/h3-4,6,14,16,22,26-27H,1-2,5,7-11,21H2,(H,24,25);3*1H/t14-,16?,18-;;;/m0.../s1. The molecule has 1 unspecified atom stereocenters. The molecule has 0 aromatic heterocycles. The summed E-state index contributed by atoms with van der Waals surface area (Å²) in [5.74, 6) is -1.19. The van der Waals surface area contributed by atoms with Crippen LogP contribution in [0, 0.1) is 5.92 Å². The third kappa shape index (κ3) is 7.12. The van der Waals surface area contributed by atoms with Crippen LogP contribution in [0.4, 0.5) is 0 Å². The van der Waals surface area contributed by atoms with Crippen LogP contribution in [0.5, 0.6) is 0 Å². The Hall–Kier alpha value is -0.285. The number of carboxylic acid groups (broad SMARTS) is 1. The summed E-state index contributed by atoms with van der Waals surface area (Å²) in [6, 6.07) is 6.18. The number of benzene rings is 1. The Morgan fingerprint density at radius 2 is 2.00 bits per heavy atom. The summed E-state index contributed by atoms with van der Waals surface area (Å²) in [6.45, 7) is 2.39. The molecular weight excluding hydrogens is 475 g/mol. The van der Waals surface area contributed by atoms with E-state index in [1.54, 1.807) is 0 Å². The summed E-state index contributed by atoms with van der Waals surface area (Å²) >= 11 is 6.05. The second-order valence-electron chi connectivity index (χ2n) is 7.84. The van der Waals surface area contributed by atoms with E-state index in [0.29, 0.717) is 25.9 Å². The van der Waals surface area contributed by atoms with Crippen molar-refractivity contribution in [1.82, 2.24) is 10.2 Å². The third-order valence-electron chi connectivity index (χ3n) is 5.80. The number of nitrogens with two attached hydrogens (primary N) is 1. The van der Waals surface area contributed by atoms with Crippen LogP contribution in [0.25, 0.3) is 0 Å². The molecule has 0 spiro atoms. The van der Waals surface area contributed by atoms with Crippen molar-refractivity contribution in [3.8, 4) is 0 Å². The van der Waals surface area contributed by atoms with Crippen molar-refractivity contribution in [1.29, 1.82) is 0 Å². The monoisotopic (exact) mass is 503 g/mol. The molecule has 1 saturated heterocycles. The lowest BCUT2D eigenvalue weighted by molar-refractivity contribution is -0.144. The molecule has 2 aliphatic rings. The SMILES string of the molecule is Cl.Cl.Cl.N[C@@]1(C(=O)O)CN(CC2Cc3ccc(Cl)cc3CN2)C[C@@H]1CCCB(O)O. The van der Waals surface area contributed by atoms with Gasteiger partial charge < -0.3 is 26.2 Å². The first kappa shape index (κ1) is 29.7. The van der Waals surface area contributed by atoms with Gasteiger partial charge in [-0.25, -0.2) is 0 Å². The van der Waals surface area contributed by atoms with E-state index in [1.807, 2.05) is 12.1 Å². The zero-order chi connectivity index (χ0) is 19.6. The minimum absolute atomic E-state index is 0. The molecule has 0 aliphatic carbocycles. The molecule has 1 aromatic carbocycles. The molecule has 6 N–H and O–H groups in total. The Morgan fingerprint density at radius 3 is 2.63 bits per heavy atom. The van der Waals surface area contributed by atoms with Crippen molar-refractivity contribution < 1.29 is 19.9 Å². The zero-order valence-electron chi connectivity index (χ0n) is 16.5. The smallest absolute Gasteiger partial charge is 0.451 e. The second-order valence-corrected chi connectivity index (χ2v) is 8.28. The fourth-order valence-electron chi connectivity index (χ4n) is 4.31. The Balaban J connectivity index is 0.00000280. The van der Waals surface area contributed by atoms with Gasteiger partial charge in [-0.3, -0.25) is 9.69 Å². The number of halogens is 4. The van der Waals surface area contributed by atoms with Gasteiger partial charge in [0.2, 0.25) is 0 Å². The van der Waals surface area contributed by atoms with Gasteiger partial charge in [-0.1, -0.05) is 24.1 Å². The molecule has 3 rings (SSSR count). The van der Waals surface area contributed by atoms with Gasteiger partial charge in [0.1, 0.15) is 5.54 Å². The number of hydrogen-bond acceptors (Lipinski definition) is 6. The van der Waals surface area contributed by atoms with E-state index in [-0.39, 0.29) is 55.5 Å². The maximum atomic E-state index is 11.8. The van der Waals surface area contributed by atoms with Crippen LogP contribution < -0.4 is 11.1 Å². The Labute approximate surface area is 201 Å². The van der Waals surface area contributed by atoms with Crippen LogP contribution in [-0.2, 0) is 17.8 Å². The maximum absolute atomic E-state index is 11.8. The molecule has 0 amide bonds. The fraction of sp³-hybridized carbons (Fsp3) is 0.611. The lowest BCUT2D eigenvalue weighted by atomic mass is 9.78. The van der Waals surface area contributed by atoms with Crippen molar-refractivity contribution in [3.63, 3.8) is 0 Å². The van der Waals surface area contributed by atoms with Crippen molar-refractivity contribution in [3.05, 3.63) is 34.3 Å². The number of carbonyl (C=O) groups is 1. The lowest BCUT2D eigenvalue weighted by Gasteiger charge is -2.30. The van der Waals surface area contributed by atoms with E-state index >= 15 is 0 Å². The highest BCUT2D eigenvalue weighted by Gasteiger charge is 2.49. The van der Waals surface area contributed by atoms with Crippen molar-refractivity contribution in [2.24, 2.45) is 11.7 Å². The van der Waals surface area contributed by atoms with Crippen molar-refractivity contribution in [2.75, 3.05) is 19.6 Å². The molecule has 1 aromatic rings. The Bertz CT molecular complexity index is 703. The number of nitrogens with one attached hydrogen (secondary N) is 1. The van der Waals surface area contributed by atoms with Crippen LogP contribution in [0.3, 0.4) is 0 Å². The van der Waals surface area contributed by atoms with E-state index in [0.717, 1.165) is 24.5 Å². The van der Waals surface area contributed by atoms with Crippen molar-refractivity contribution in [2.45, 2.75) is 43.7 Å². The molecule has 30 heavy (non-hydrogen) atoms. The molecule has 0 saturated carbocycles. The van der Waals surface area contributed by atoms with Gasteiger partial charge in [-0.15, -0.1) is 37.2 Å². The highest BCUT2D eigenvalue weighted by atomic mass is 35.5. The number of fused-ring (bicyclic) bond motifs is 1. The largest absolute Gasteiger partial charge is 0.480 e. The van der Waals surface area contributed by atoms with E-state index in [2.05, 4.69) is 16.3 Å². The molecule has 0 radical (unpaired) electrons. The van der Waals surface area contributed by atoms with Crippen LogP contribution in [0.15, 0.2) is 18.2 Å². The normalized spacial score (nSPS) is 25.3. The molecule has 2 aliphatic heterocycles. The van der Waals surface area contributed by atoms with E-state index in [1.165, 1.54) is 11.1 Å². The predicted molar refractivity (Wildman–Crippen MR) is 126 cm³/mol. The van der Waals surface area contributed by atoms with E-state index in [9.17, 15) is 9.90 Å². The topological polar surface area (TPSA) is 119 Å². The van der Waals surface area contributed by atoms with Gasteiger partial charge >= 0.3 is 13.1 Å². The summed E-state index contributed by atoms with van der Waals surface area (Å²) in [5.41, 5.74) is 7.44. The van der Waals surface area contributed by atoms with Gasteiger partial charge in [-0.05, 0) is 42.4 Å². The Kier molecular flexibility index (Phi) is 12.6. The minimum atomic E-state index is -1.36. The summed E-state index contributed by atoms with van der Waals surface area (Å²) in [7, 11) is -1.36. The highest BCUT2D eigenvalue weighted by molar-refractivity contribution is 6.40. The van der Waals surface area contributed by atoms with E-state index in [4.69, 9.17) is 27.4 Å². The quantitative estimate of drug-likeness (QED) is 0.358. The Morgan fingerprint density at radius 1 is 1.30 bits per heavy atom. The van der Waals surface area contributed by atoms with Gasteiger partial charge in [-0.2, -0.15) is 0 Å². The van der Waals surface area contributed by atoms with Crippen LogP contribution >= 0.6 is 48.8 Å². The highest BCUT2D eigenvalue weighted by Crippen LogP contribution is 2.31. The second kappa shape index (κ2) is 12.7. The summed E-state index contributed by atoms with van der Waals surface area (Å²) in [5, 5.41) is 31.9. The van der Waals surface area contributed by atoms with Crippen LogP contribution in [0.1, 0.15) is 24.0 Å². The van der Waals surface area contributed by atoms with Crippen LogP contribution in [0.2, 0.25) is 11.3 Å². The summed E-state index contributed by atoms with van der Waals surface area (Å²) in [4.78, 5) is 13.9. The molecule has 12 heteroatoms. The first-order valence-electron chi connectivity index (χ1n) is 9.39. The van der Waals surface area contributed by atoms with Gasteiger partial charge in [0, 0.05) is 43.2 Å². The molecule has 3 atom stereocenters. The number of likely N-dealkylation sites (tertiary alicyclic amines) is 1. The molecule has 1 fully saturated rings. The lowest BCUT2D eigenvalue weighted by Crippen LogP contribution is -2.55. The number of aliphatic carboxylic acids is 1. The van der Waals surface area contributed by atoms with E-state index < -0.39 is 18.6 Å². The zero-order valence-corrected chi connectivity index (χ0v) is 19.7. The molecule has 0 bridgehead atoms. The van der Waals surface area contributed by atoms with Gasteiger partial charge in [0.15, 0.2) is 0 Å². The summed E-state index contributed by atoms with van der Waals surface area (Å²) in [6.07, 6.45) is 2.21. The fourth-order valence-corrected chi connectivity index (χ4v) is 4.50. The average Bonchev–Trinajstić information content (AvgIpc) is 2.91. The maximum Gasteiger partial charge on any atom is 0.451 e. The first-order chi connectivity index (χ1) is 12.8. The number of hydrogen-bond donors (Lipinski definition) is 5.